The topological polar surface area (TPSA) is 117 Å². The highest BCUT2D eigenvalue weighted by molar-refractivity contribution is 5.86. The van der Waals surface area contributed by atoms with Crippen LogP contribution in [-0.4, -0.2) is 55.4 Å². The van der Waals surface area contributed by atoms with Crippen LogP contribution in [0.4, 0.5) is 4.79 Å². The number of hydrogen-bond donors (Lipinski definition) is 4. The lowest BCUT2D eigenvalue weighted by Gasteiger charge is -2.19. The number of amides is 3. The third-order valence-electron chi connectivity index (χ3n) is 2.74. The number of rotatable bonds is 10. The summed E-state index contributed by atoms with van der Waals surface area (Å²) in [6, 6.07) is -1.71. The number of carboxylic acid groups (broad SMARTS) is 1. The van der Waals surface area contributed by atoms with E-state index in [1.165, 1.54) is 7.11 Å². The minimum Gasteiger partial charge on any atom is -0.481 e. The summed E-state index contributed by atoms with van der Waals surface area (Å²) >= 11 is 0. The van der Waals surface area contributed by atoms with Gasteiger partial charge in [-0.05, 0) is 13.3 Å². The Hall–Kier alpha value is -1.83. The van der Waals surface area contributed by atoms with Crippen molar-refractivity contribution < 1.29 is 24.2 Å². The van der Waals surface area contributed by atoms with Gasteiger partial charge in [0.2, 0.25) is 5.91 Å². The maximum absolute atomic E-state index is 11.7. The molecule has 0 saturated carbocycles. The molecule has 0 rings (SSSR count). The zero-order valence-electron chi connectivity index (χ0n) is 12.8. The van der Waals surface area contributed by atoms with Crippen molar-refractivity contribution in [1.29, 1.82) is 0 Å². The van der Waals surface area contributed by atoms with Crippen molar-refractivity contribution in [3.8, 4) is 0 Å². The quantitative estimate of drug-likeness (QED) is 0.426. The molecule has 0 bridgehead atoms. The number of carbonyl (C=O) groups is 3. The molecule has 0 aromatic carbocycles. The summed E-state index contributed by atoms with van der Waals surface area (Å²) in [6.45, 7) is 4.20. The lowest BCUT2D eigenvalue weighted by atomic mass is 10.1. The Labute approximate surface area is 124 Å². The molecule has 0 aromatic rings. The van der Waals surface area contributed by atoms with E-state index in [4.69, 9.17) is 9.84 Å². The minimum absolute atomic E-state index is 0.143. The standard InChI is InChI=1S/C13H25N3O5/c1-4-5-10(8-11(17)18)16-13(20)15-9(2)12(19)14-6-7-21-3/h9-10H,4-8H2,1-3H3,(H,14,19)(H,17,18)(H2,15,16,20). The molecule has 0 saturated heterocycles. The monoisotopic (exact) mass is 303 g/mol. The number of hydrogen-bond acceptors (Lipinski definition) is 4. The van der Waals surface area contributed by atoms with Crippen LogP contribution in [0.5, 0.6) is 0 Å². The van der Waals surface area contributed by atoms with E-state index < -0.39 is 24.1 Å². The molecule has 0 aliphatic heterocycles. The molecule has 8 nitrogen and oxygen atoms in total. The maximum Gasteiger partial charge on any atom is 0.315 e. The molecule has 0 fully saturated rings. The smallest absolute Gasteiger partial charge is 0.315 e. The molecular weight excluding hydrogens is 278 g/mol. The van der Waals surface area contributed by atoms with Gasteiger partial charge in [-0.1, -0.05) is 13.3 Å². The van der Waals surface area contributed by atoms with Crippen LogP contribution in [0.2, 0.25) is 0 Å². The normalized spacial score (nSPS) is 13.1. The predicted octanol–water partition coefficient (Wildman–Crippen LogP) is 0.0801. The molecular formula is C13H25N3O5. The number of aliphatic carboxylic acids is 1. The van der Waals surface area contributed by atoms with E-state index in [0.29, 0.717) is 19.6 Å². The van der Waals surface area contributed by atoms with Gasteiger partial charge in [0.05, 0.1) is 13.0 Å². The predicted molar refractivity (Wildman–Crippen MR) is 77.0 cm³/mol. The first-order chi connectivity index (χ1) is 9.90. The van der Waals surface area contributed by atoms with Gasteiger partial charge in [-0.15, -0.1) is 0 Å². The molecule has 0 aliphatic rings. The Kier molecular flexibility index (Phi) is 9.95. The van der Waals surface area contributed by atoms with E-state index in [1.54, 1.807) is 6.92 Å². The van der Waals surface area contributed by atoms with Crippen molar-refractivity contribution >= 4 is 17.9 Å². The lowest BCUT2D eigenvalue weighted by Crippen LogP contribution is -2.51. The van der Waals surface area contributed by atoms with Gasteiger partial charge in [0.25, 0.3) is 0 Å². The Balaban J connectivity index is 4.19. The molecule has 0 radical (unpaired) electrons. The second-order valence-corrected chi connectivity index (χ2v) is 4.71. The molecule has 3 amide bonds. The number of carbonyl (C=O) groups excluding carboxylic acids is 2. The van der Waals surface area contributed by atoms with E-state index >= 15 is 0 Å². The van der Waals surface area contributed by atoms with Crippen molar-refractivity contribution in [2.24, 2.45) is 0 Å². The molecule has 8 heteroatoms. The summed E-state index contributed by atoms with van der Waals surface area (Å²) in [7, 11) is 1.53. The molecule has 0 aromatic heterocycles. The SMILES string of the molecule is CCCC(CC(=O)O)NC(=O)NC(C)C(=O)NCCOC. The summed E-state index contributed by atoms with van der Waals surface area (Å²) < 4.78 is 4.80. The largest absolute Gasteiger partial charge is 0.481 e. The average molecular weight is 303 g/mol. The van der Waals surface area contributed by atoms with Crippen LogP contribution in [0.3, 0.4) is 0 Å². The molecule has 0 heterocycles. The Morgan fingerprint density at radius 3 is 2.43 bits per heavy atom. The Morgan fingerprint density at radius 1 is 1.24 bits per heavy atom. The fourth-order valence-electron chi connectivity index (χ4n) is 1.70. The molecule has 122 valence electrons. The van der Waals surface area contributed by atoms with Crippen LogP contribution >= 0.6 is 0 Å². The first-order valence-corrected chi connectivity index (χ1v) is 6.96. The summed E-state index contributed by atoms with van der Waals surface area (Å²) in [5.74, 6) is -1.30. The zero-order chi connectivity index (χ0) is 16.3. The molecule has 0 spiro atoms. The highest BCUT2D eigenvalue weighted by Gasteiger charge is 2.19. The second-order valence-electron chi connectivity index (χ2n) is 4.71. The van der Waals surface area contributed by atoms with Crippen molar-refractivity contribution in [1.82, 2.24) is 16.0 Å². The second kappa shape index (κ2) is 10.9. The van der Waals surface area contributed by atoms with Gasteiger partial charge in [0, 0.05) is 19.7 Å². The first-order valence-electron chi connectivity index (χ1n) is 6.96. The fourth-order valence-corrected chi connectivity index (χ4v) is 1.70. The summed E-state index contributed by atoms with van der Waals surface area (Å²) in [6.07, 6.45) is 1.18. The molecule has 4 N–H and O–H groups in total. The number of nitrogens with one attached hydrogen (secondary N) is 3. The van der Waals surface area contributed by atoms with Gasteiger partial charge in [-0.2, -0.15) is 0 Å². The highest BCUT2D eigenvalue weighted by Crippen LogP contribution is 2.01. The first kappa shape index (κ1) is 19.2. The van der Waals surface area contributed by atoms with Gasteiger partial charge in [-0.3, -0.25) is 9.59 Å². The van der Waals surface area contributed by atoms with Crippen molar-refractivity contribution in [3.05, 3.63) is 0 Å². The number of methoxy groups -OCH3 is 1. The maximum atomic E-state index is 11.7. The van der Waals surface area contributed by atoms with Crippen LogP contribution < -0.4 is 16.0 Å². The summed E-state index contributed by atoms with van der Waals surface area (Å²) in [5, 5.41) is 16.4. The van der Waals surface area contributed by atoms with Gasteiger partial charge < -0.3 is 25.8 Å². The number of carboxylic acids is 1. The van der Waals surface area contributed by atoms with Gasteiger partial charge >= 0.3 is 12.0 Å². The third kappa shape index (κ3) is 9.67. The van der Waals surface area contributed by atoms with Gasteiger partial charge in [0.15, 0.2) is 0 Å². The summed E-state index contributed by atoms with van der Waals surface area (Å²) in [5.41, 5.74) is 0. The van der Waals surface area contributed by atoms with Crippen LogP contribution in [0, 0.1) is 0 Å². The van der Waals surface area contributed by atoms with Crippen LogP contribution in [0.25, 0.3) is 0 Å². The summed E-state index contributed by atoms with van der Waals surface area (Å²) in [4.78, 5) is 34.1. The van der Waals surface area contributed by atoms with Gasteiger partial charge in [-0.25, -0.2) is 4.79 Å². The number of urea groups is 1. The van der Waals surface area contributed by atoms with Crippen LogP contribution in [-0.2, 0) is 14.3 Å². The van der Waals surface area contributed by atoms with Crippen molar-refractivity contribution in [3.63, 3.8) is 0 Å². The molecule has 2 atom stereocenters. The Bertz CT molecular complexity index is 349. The van der Waals surface area contributed by atoms with Crippen molar-refractivity contribution in [2.75, 3.05) is 20.3 Å². The fraction of sp³-hybridized carbons (Fsp3) is 0.769. The van der Waals surface area contributed by atoms with E-state index in [-0.39, 0.29) is 12.3 Å². The lowest BCUT2D eigenvalue weighted by molar-refractivity contribution is -0.137. The molecule has 2 unspecified atom stereocenters. The average Bonchev–Trinajstić information content (AvgIpc) is 2.38. The van der Waals surface area contributed by atoms with E-state index in [9.17, 15) is 14.4 Å². The van der Waals surface area contributed by atoms with Crippen LogP contribution in [0.1, 0.15) is 33.1 Å². The molecule has 21 heavy (non-hydrogen) atoms. The number of ether oxygens (including phenoxy) is 1. The van der Waals surface area contributed by atoms with E-state index in [1.807, 2.05) is 6.92 Å². The molecule has 0 aliphatic carbocycles. The van der Waals surface area contributed by atoms with Crippen LogP contribution in [0.15, 0.2) is 0 Å². The highest BCUT2D eigenvalue weighted by atomic mass is 16.5. The van der Waals surface area contributed by atoms with Gasteiger partial charge in [0.1, 0.15) is 6.04 Å². The minimum atomic E-state index is -0.973. The Morgan fingerprint density at radius 2 is 1.90 bits per heavy atom. The zero-order valence-corrected chi connectivity index (χ0v) is 12.8. The third-order valence-corrected chi connectivity index (χ3v) is 2.74. The van der Waals surface area contributed by atoms with Crippen molar-refractivity contribution in [2.45, 2.75) is 45.2 Å². The van der Waals surface area contributed by atoms with E-state index in [0.717, 1.165) is 6.42 Å². The van der Waals surface area contributed by atoms with E-state index in [2.05, 4.69) is 16.0 Å².